The molecule has 0 radical (unpaired) electrons. The Balaban J connectivity index is 2.00. The molecule has 0 saturated carbocycles. The molecule has 0 bridgehead atoms. The Hall–Kier alpha value is -2.27. The van der Waals surface area contributed by atoms with E-state index in [4.69, 9.17) is 22.1 Å². The summed E-state index contributed by atoms with van der Waals surface area (Å²) in [4.78, 5) is 13.6. The minimum Gasteiger partial charge on any atom is -0.482 e. The maximum Gasteiger partial charge on any atom is 0.265 e. The fourth-order valence-electron chi connectivity index (χ4n) is 2.23. The molecule has 6 heteroatoms. The van der Waals surface area contributed by atoms with Crippen LogP contribution in [-0.2, 0) is 11.3 Å². The van der Waals surface area contributed by atoms with Crippen molar-refractivity contribution >= 4 is 28.9 Å². The van der Waals surface area contributed by atoms with Crippen molar-refractivity contribution in [2.24, 2.45) is 0 Å². The van der Waals surface area contributed by atoms with Gasteiger partial charge in [-0.15, -0.1) is 0 Å². The van der Waals surface area contributed by atoms with Gasteiger partial charge in [-0.3, -0.25) is 4.79 Å². The van der Waals surface area contributed by atoms with Crippen molar-refractivity contribution in [2.45, 2.75) is 6.54 Å². The number of carbonyl (C=O) groups is 1. The number of nitrogens with two attached hydrogens (primary N) is 1. The summed E-state index contributed by atoms with van der Waals surface area (Å²) >= 11 is 6.06. The predicted molar refractivity (Wildman–Crippen MR) is 78.9 cm³/mol. The van der Waals surface area contributed by atoms with Crippen LogP contribution < -0.4 is 15.4 Å². The molecule has 1 aliphatic rings. The fourth-order valence-corrected chi connectivity index (χ4v) is 2.40. The molecule has 0 spiro atoms. The van der Waals surface area contributed by atoms with Gasteiger partial charge in [-0.2, -0.15) is 0 Å². The van der Waals surface area contributed by atoms with E-state index in [0.717, 1.165) is 0 Å². The largest absolute Gasteiger partial charge is 0.482 e. The number of nitrogen functional groups attached to an aromatic ring is 1. The maximum atomic E-state index is 13.4. The summed E-state index contributed by atoms with van der Waals surface area (Å²) in [6.45, 7) is 0.0963. The molecule has 0 fully saturated rings. The van der Waals surface area contributed by atoms with Gasteiger partial charge in [-0.1, -0.05) is 11.6 Å². The van der Waals surface area contributed by atoms with E-state index in [2.05, 4.69) is 0 Å². The van der Waals surface area contributed by atoms with Gasteiger partial charge in [-0.25, -0.2) is 4.39 Å². The average Bonchev–Trinajstić information content (AvgIpc) is 2.46. The van der Waals surface area contributed by atoms with Crippen LogP contribution >= 0.6 is 11.6 Å². The highest BCUT2D eigenvalue weighted by molar-refractivity contribution is 6.31. The van der Waals surface area contributed by atoms with Gasteiger partial charge in [0, 0.05) is 10.7 Å². The van der Waals surface area contributed by atoms with Gasteiger partial charge >= 0.3 is 0 Å². The average molecular weight is 307 g/mol. The van der Waals surface area contributed by atoms with Crippen LogP contribution in [0, 0.1) is 5.82 Å². The Morgan fingerprint density at radius 1 is 1.29 bits per heavy atom. The Kier molecular flexibility index (Phi) is 3.43. The molecular weight excluding hydrogens is 295 g/mol. The third-order valence-corrected chi connectivity index (χ3v) is 3.63. The summed E-state index contributed by atoms with van der Waals surface area (Å²) in [5.41, 5.74) is 7.36. The standard InChI is InChI=1S/C15H12ClFN2O2/c16-12-3-1-10(17)5-9(12)7-19-13-6-11(18)2-4-14(13)21-8-15(19)20/h1-6H,7-8,18H2. The summed E-state index contributed by atoms with van der Waals surface area (Å²) in [7, 11) is 0. The third kappa shape index (κ3) is 2.64. The number of anilines is 2. The van der Waals surface area contributed by atoms with Gasteiger partial charge in [0.25, 0.3) is 5.91 Å². The number of halogens is 2. The minimum atomic E-state index is -0.400. The van der Waals surface area contributed by atoms with Crippen LogP contribution in [0.25, 0.3) is 0 Å². The van der Waals surface area contributed by atoms with Crippen molar-refractivity contribution in [3.63, 3.8) is 0 Å². The normalized spacial score (nSPS) is 13.8. The van der Waals surface area contributed by atoms with Crippen LogP contribution in [0.4, 0.5) is 15.8 Å². The van der Waals surface area contributed by atoms with Crippen LogP contribution in [0.5, 0.6) is 5.75 Å². The van der Waals surface area contributed by atoms with Crippen LogP contribution in [0.1, 0.15) is 5.56 Å². The molecule has 0 atom stereocenters. The van der Waals surface area contributed by atoms with Crippen molar-refractivity contribution in [2.75, 3.05) is 17.2 Å². The first-order valence-electron chi connectivity index (χ1n) is 6.31. The van der Waals surface area contributed by atoms with E-state index in [1.54, 1.807) is 18.2 Å². The summed E-state index contributed by atoms with van der Waals surface area (Å²) in [6, 6.07) is 9.12. The molecule has 0 unspecified atom stereocenters. The van der Waals surface area contributed by atoms with Gasteiger partial charge in [0.1, 0.15) is 11.6 Å². The lowest BCUT2D eigenvalue weighted by molar-refractivity contribution is -0.121. The second-order valence-electron chi connectivity index (χ2n) is 4.73. The van der Waals surface area contributed by atoms with Crippen LogP contribution in [0.3, 0.4) is 0 Å². The summed E-state index contributed by atoms with van der Waals surface area (Å²) in [5.74, 6) is -0.0624. The van der Waals surface area contributed by atoms with Crippen molar-refractivity contribution in [1.29, 1.82) is 0 Å². The quantitative estimate of drug-likeness (QED) is 0.868. The number of hydrogen-bond donors (Lipinski definition) is 1. The molecular formula is C15H12ClFN2O2. The van der Waals surface area contributed by atoms with Gasteiger partial charge in [0.2, 0.25) is 0 Å². The molecule has 1 aliphatic heterocycles. The van der Waals surface area contributed by atoms with E-state index >= 15 is 0 Å². The lowest BCUT2D eigenvalue weighted by Crippen LogP contribution is -2.38. The van der Waals surface area contributed by atoms with Crippen molar-refractivity contribution < 1.29 is 13.9 Å². The highest BCUT2D eigenvalue weighted by atomic mass is 35.5. The van der Waals surface area contributed by atoms with E-state index in [0.29, 0.717) is 27.7 Å². The number of nitrogens with zero attached hydrogens (tertiary/aromatic N) is 1. The van der Waals surface area contributed by atoms with Gasteiger partial charge in [0.05, 0.1) is 12.2 Å². The van der Waals surface area contributed by atoms with E-state index in [1.807, 2.05) is 0 Å². The highest BCUT2D eigenvalue weighted by Gasteiger charge is 2.26. The Morgan fingerprint density at radius 3 is 2.90 bits per heavy atom. The zero-order valence-electron chi connectivity index (χ0n) is 11.0. The summed E-state index contributed by atoms with van der Waals surface area (Å²) in [6.07, 6.45) is 0. The van der Waals surface area contributed by atoms with Crippen LogP contribution in [-0.4, -0.2) is 12.5 Å². The molecule has 108 valence electrons. The first-order valence-corrected chi connectivity index (χ1v) is 6.69. The van der Waals surface area contributed by atoms with E-state index in [9.17, 15) is 9.18 Å². The first-order chi connectivity index (χ1) is 10.0. The second kappa shape index (κ2) is 5.26. The minimum absolute atomic E-state index is 0.0656. The summed E-state index contributed by atoms with van der Waals surface area (Å²) < 4.78 is 18.7. The molecule has 2 aromatic carbocycles. The number of rotatable bonds is 2. The monoisotopic (exact) mass is 306 g/mol. The van der Waals surface area contributed by atoms with Gasteiger partial charge < -0.3 is 15.4 Å². The van der Waals surface area contributed by atoms with Gasteiger partial charge in [0.15, 0.2) is 6.61 Å². The predicted octanol–water partition coefficient (Wildman–Crippen LogP) is 2.99. The number of benzene rings is 2. The zero-order chi connectivity index (χ0) is 15.0. The number of fused-ring (bicyclic) bond motifs is 1. The number of ether oxygens (including phenoxy) is 1. The number of carbonyl (C=O) groups excluding carboxylic acids is 1. The molecule has 2 N–H and O–H groups in total. The van der Waals surface area contributed by atoms with E-state index in [-0.39, 0.29) is 19.1 Å². The topological polar surface area (TPSA) is 55.6 Å². The number of amides is 1. The highest BCUT2D eigenvalue weighted by Crippen LogP contribution is 2.35. The lowest BCUT2D eigenvalue weighted by atomic mass is 10.1. The molecule has 0 aromatic heterocycles. The molecule has 4 nitrogen and oxygen atoms in total. The molecule has 0 aliphatic carbocycles. The molecule has 3 rings (SSSR count). The molecule has 1 amide bonds. The fraction of sp³-hybridized carbons (Fsp3) is 0.133. The summed E-state index contributed by atoms with van der Waals surface area (Å²) in [5, 5.41) is 0.404. The van der Waals surface area contributed by atoms with Crippen molar-refractivity contribution in [3.05, 3.63) is 52.8 Å². The first kappa shape index (κ1) is 13.7. The smallest absolute Gasteiger partial charge is 0.265 e. The molecule has 21 heavy (non-hydrogen) atoms. The van der Waals surface area contributed by atoms with Crippen molar-refractivity contribution in [3.8, 4) is 5.75 Å². The SMILES string of the molecule is Nc1ccc2c(c1)N(Cc1cc(F)ccc1Cl)C(=O)CO2. The van der Waals surface area contributed by atoms with Crippen molar-refractivity contribution in [1.82, 2.24) is 0 Å². The Labute approximate surface area is 125 Å². The lowest BCUT2D eigenvalue weighted by Gasteiger charge is -2.30. The maximum absolute atomic E-state index is 13.4. The van der Waals surface area contributed by atoms with E-state index < -0.39 is 5.82 Å². The second-order valence-corrected chi connectivity index (χ2v) is 5.14. The zero-order valence-corrected chi connectivity index (χ0v) is 11.7. The Bertz CT molecular complexity index is 721. The van der Waals surface area contributed by atoms with E-state index in [1.165, 1.54) is 23.1 Å². The molecule has 1 heterocycles. The van der Waals surface area contributed by atoms with Gasteiger partial charge in [-0.05, 0) is 42.0 Å². The third-order valence-electron chi connectivity index (χ3n) is 3.26. The number of hydrogen-bond acceptors (Lipinski definition) is 3. The molecule has 0 saturated heterocycles. The van der Waals surface area contributed by atoms with Crippen LogP contribution in [0.2, 0.25) is 5.02 Å². The molecule has 2 aromatic rings. The Morgan fingerprint density at radius 2 is 2.10 bits per heavy atom. The van der Waals surface area contributed by atoms with Crippen LogP contribution in [0.15, 0.2) is 36.4 Å².